The maximum atomic E-state index is 12.9. The molecule has 0 radical (unpaired) electrons. The summed E-state index contributed by atoms with van der Waals surface area (Å²) in [6, 6.07) is 8.90. The summed E-state index contributed by atoms with van der Waals surface area (Å²) in [5.74, 6) is -0.125. The van der Waals surface area contributed by atoms with Gasteiger partial charge in [-0.3, -0.25) is 4.79 Å². The van der Waals surface area contributed by atoms with Crippen LogP contribution < -0.4 is 10.5 Å². The van der Waals surface area contributed by atoms with E-state index < -0.39 is 5.82 Å². The van der Waals surface area contributed by atoms with Gasteiger partial charge in [-0.1, -0.05) is 17.7 Å². The largest absolute Gasteiger partial charge is 0.488 e. The molecule has 0 saturated heterocycles. The highest BCUT2D eigenvalue weighted by atomic mass is 35.5. The Labute approximate surface area is 121 Å². The average Bonchev–Trinajstić information content (AvgIpc) is 2.38. The van der Waals surface area contributed by atoms with Gasteiger partial charge in [-0.2, -0.15) is 0 Å². The lowest BCUT2D eigenvalue weighted by atomic mass is 10.1. The molecule has 0 bridgehead atoms. The van der Waals surface area contributed by atoms with Gasteiger partial charge < -0.3 is 10.5 Å². The Morgan fingerprint density at radius 1 is 1.30 bits per heavy atom. The second kappa shape index (κ2) is 5.92. The van der Waals surface area contributed by atoms with Gasteiger partial charge >= 0.3 is 0 Å². The zero-order valence-electron chi connectivity index (χ0n) is 10.8. The summed E-state index contributed by atoms with van der Waals surface area (Å²) in [4.78, 5) is 11.5. The normalized spacial score (nSPS) is 10.3. The van der Waals surface area contributed by atoms with Gasteiger partial charge in [0.1, 0.15) is 18.2 Å². The SMILES string of the molecule is CC(=O)c1cc(N)ccc1OCc1ccc(F)cc1Cl. The molecule has 20 heavy (non-hydrogen) atoms. The second-order valence-electron chi connectivity index (χ2n) is 4.34. The van der Waals surface area contributed by atoms with Crippen molar-refractivity contribution < 1.29 is 13.9 Å². The topological polar surface area (TPSA) is 52.3 Å². The first kappa shape index (κ1) is 14.3. The van der Waals surface area contributed by atoms with E-state index in [1.54, 1.807) is 24.3 Å². The van der Waals surface area contributed by atoms with E-state index in [0.29, 0.717) is 22.6 Å². The number of halogens is 2. The number of anilines is 1. The number of rotatable bonds is 4. The molecular weight excluding hydrogens is 281 g/mol. The van der Waals surface area contributed by atoms with Crippen molar-refractivity contribution >= 4 is 23.1 Å². The molecule has 3 nitrogen and oxygen atoms in total. The Balaban J connectivity index is 2.20. The molecule has 0 atom stereocenters. The first-order valence-corrected chi connectivity index (χ1v) is 6.32. The highest BCUT2D eigenvalue weighted by molar-refractivity contribution is 6.31. The molecule has 2 aromatic rings. The molecule has 104 valence electrons. The van der Waals surface area contributed by atoms with E-state index in [2.05, 4.69) is 0 Å². The van der Waals surface area contributed by atoms with Crippen LogP contribution >= 0.6 is 11.6 Å². The lowest BCUT2D eigenvalue weighted by Gasteiger charge is -2.11. The molecule has 0 amide bonds. The molecule has 0 spiro atoms. The number of benzene rings is 2. The zero-order valence-corrected chi connectivity index (χ0v) is 11.6. The van der Waals surface area contributed by atoms with Crippen LogP contribution in [0.5, 0.6) is 5.75 Å². The maximum absolute atomic E-state index is 12.9. The van der Waals surface area contributed by atoms with Crippen molar-refractivity contribution in [1.82, 2.24) is 0 Å². The summed E-state index contributed by atoms with van der Waals surface area (Å²) in [5.41, 5.74) is 7.18. The number of nitrogens with two attached hydrogens (primary N) is 1. The number of ketones is 1. The molecule has 0 heterocycles. The first-order chi connectivity index (χ1) is 9.47. The van der Waals surface area contributed by atoms with Gasteiger partial charge in [0.15, 0.2) is 5.78 Å². The fraction of sp³-hybridized carbons (Fsp3) is 0.133. The van der Waals surface area contributed by atoms with Crippen LogP contribution in [0.25, 0.3) is 0 Å². The summed E-state index contributed by atoms with van der Waals surface area (Å²) >= 11 is 5.92. The van der Waals surface area contributed by atoms with E-state index in [9.17, 15) is 9.18 Å². The molecule has 2 rings (SSSR count). The van der Waals surface area contributed by atoms with Gasteiger partial charge in [0.05, 0.1) is 10.6 Å². The van der Waals surface area contributed by atoms with Crippen LogP contribution in [0.1, 0.15) is 22.8 Å². The van der Waals surface area contributed by atoms with E-state index in [4.69, 9.17) is 22.1 Å². The lowest BCUT2D eigenvalue weighted by molar-refractivity contribution is 0.101. The van der Waals surface area contributed by atoms with Crippen molar-refractivity contribution in [2.45, 2.75) is 13.5 Å². The molecule has 0 unspecified atom stereocenters. The third-order valence-electron chi connectivity index (χ3n) is 2.78. The Bertz CT molecular complexity index is 658. The van der Waals surface area contributed by atoms with Crippen molar-refractivity contribution in [3.8, 4) is 5.75 Å². The summed E-state index contributed by atoms with van der Waals surface area (Å²) < 4.78 is 18.5. The number of carbonyl (C=O) groups is 1. The molecule has 0 fully saturated rings. The van der Waals surface area contributed by atoms with Crippen LogP contribution in [0.4, 0.5) is 10.1 Å². The average molecular weight is 294 g/mol. The van der Waals surface area contributed by atoms with Gasteiger partial charge in [0.2, 0.25) is 0 Å². The van der Waals surface area contributed by atoms with E-state index in [-0.39, 0.29) is 17.4 Å². The smallest absolute Gasteiger partial charge is 0.163 e. The predicted octanol–water partition coefficient (Wildman–Crippen LogP) is 3.84. The molecule has 0 aliphatic carbocycles. The van der Waals surface area contributed by atoms with Gasteiger partial charge in [-0.25, -0.2) is 4.39 Å². The first-order valence-electron chi connectivity index (χ1n) is 5.94. The fourth-order valence-electron chi connectivity index (χ4n) is 1.74. The van der Waals surface area contributed by atoms with E-state index >= 15 is 0 Å². The maximum Gasteiger partial charge on any atom is 0.163 e. The molecule has 0 saturated carbocycles. The highest BCUT2D eigenvalue weighted by Gasteiger charge is 2.10. The lowest BCUT2D eigenvalue weighted by Crippen LogP contribution is -2.03. The van der Waals surface area contributed by atoms with Crippen molar-refractivity contribution in [3.63, 3.8) is 0 Å². The third-order valence-corrected chi connectivity index (χ3v) is 3.13. The monoisotopic (exact) mass is 293 g/mol. The van der Waals surface area contributed by atoms with Crippen molar-refractivity contribution in [2.75, 3.05) is 5.73 Å². The Morgan fingerprint density at radius 2 is 2.05 bits per heavy atom. The molecular formula is C15H13ClFNO2. The minimum atomic E-state index is -0.407. The van der Waals surface area contributed by atoms with Crippen molar-refractivity contribution in [3.05, 3.63) is 58.4 Å². The molecule has 0 aromatic heterocycles. The van der Waals surface area contributed by atoms with Crippen LogP contribution in [0, 0.1) is 5.82 Å². The number of ether oxygens (including phenoxy) is 1. The minimum Gasteiger partial charge on any atom is -0.488 e. The van der Waals surface area contributed by atoms with Crippen LogP contribution in [-0.4, -0.2) is 5.78 Å². The molecule has 0 aliphatic heterocycles. The molecule has 2 N–H and O–H groups in total. The highest BCUT2D eigenvalue weighted by Crippen LogP contribution is 2.25. The summed E-state index contributed by atoms with van der Waals surface area (Å²) in [6.45, 7) is 1.58. The van der Waals surface area contributed by atoms with Gasteiger partial charge in [-0.15, -0.1) is 0 Å². The predicted molar refractivity (Wildman–Crippen MR) is 76.6 cm³/mol. The number of Topliss-reactive ketones (excluding diaryl/α,β-unsaturated/α-hetero) is 1. The molecule has 2 aromatic carbocycles. The summed E-state index contributed by atoms with van der Waals surface area (Å²) in [7, 11) is 0. The van der Waals surface area contributed by atoms with Gasteiger partial charge in [0, 0.05) is 11.3 Å². The van der Waals surface area contributed by atoms with Gasteiger partial charge in [-0.05, 0) is 37.3 Å². The molecule has 0 aliphatic rings. The molecule has 5 heteroatoms. The van der Waals surface area contributed by atoms with E-state index in [0.717, 1.165) is 0 Å². The summed E-state index contributed by atoms with van der Waals surface area (Å²) in [6.07, 6.45) is 0. The van der Waals surface area contributed by atoms with Gasteiger partial charge in [0.25, 0.3) is 0 Å². The number of carbonyl (C=O) groups excluding carboxylic acids is 1. The Hall–Kier alpha value is -2.07. The Morgan fingerprint density at radius 3 is 2.70 bits per heavy atom. The second-order valence-corrected chi connectivity index (χ2v) is 4.74. The summed E-state index contributed by atoms with van der Waals surface area (Å²) in [5, 5.41) is 0.282. The standard InChI is InChI=1S/C15H13ClFNO2/c1-9(19)13-7-12(18)4-5-15(13)20-8-10-2-3-11(17)6-14(10)16/h2-7H,8,18H2,1H3. The van der Waals surface area contributed by atoms with Crippen LogP contribution in [0.2, 0.25) is 5.02 Å². The zero-order chi connectivity index (χ0) is 14.7. The number of nitrogen functional groups attached to an aromatic ring is 1. The third kappa shape index (κ3) is 3.27. The quantitative estimate of drug-likeness (QED) is 0.688. The van der Waals surface area contributed by atoms with Crippen LogP contribution in [0.15, 0.2) is 36.4 Å². The van der Waals surface area contributed by atoms with E-state index in [1.165, 1.54) is 19.1 Å². The number of hydrogen-bond acceptors (Lipinski definition) is 3. The fourth-order valence-corrected chi connectivity index (χ4v) is 1.96. The van der Waals surface area contributed by atoms with Crippen molar-refractivity contribution in [1.29, 1.82) is 0 Å². The Kier molecular flexibility index (Phi) is 4.25. The minimum absolute atomic E-state index is 0.141. The van der Waals surface area contributed by atoms with Crippen LogP contribution in [-0.2, 0) is 6.61 Å². The van der Waals surface area contributed by atoms with E-state index in [1.807, 2.05) is 0 Å². The van der Waals surface area contributed by atoms with Crippen molar-refractivity contribution in [2.24, 2.45) is 0 Å². The number of hydrogen-bond donors (Lipinski definition) is 1. The van der Waals surface area contributed by atoms with Crippen LogP contribution in [0.3, 0.4) is 0 Å².